The number of fused-ring (bicyclic) bond motifs is 1. The summed E-state index contributed by atoms with van der Waals surface area (Å²) >= 11 is 0. The van der Waals surface area contributed by atoms with Crippen molar-refractivity contribution < 1.29 is 9.53 Å². The molecule has 0 fully saturated rings. The number of benzene rings is 1. The predicted octanol–water partition coefficient (Wildman–Crippen LogP) is 3.06. The summed E-state index contributed by atoms with van der Waals surface area (Å²) in [4.78, 5) is 12.1. The van der Waals surface area contributed by atoms with Crippen LogP contribution in [-0.4, -0.2) is 12.5 Å². The van der Waals surface area contributed by atoms with E-state index in [1.807, 2.05) is 31.2 Å². The van der Waals surface area contributed by atoms with Gasteiger partial charge in [0.15, 0.2) is 0 Å². The fourth-order valence-electron chi connectivity index (χ4n) is 2.37. The molecule has 2 rings (SSSR count). The van der Waals surface area contributed by atoms with E-state index in [9.17, 15) is 4.79 Å². The summed E-state index contributed by atoms with van der Waals surface area (Å²) in [6.45, 7) is 4.77. The second-order valence-electron chi connectivity index (χ2n) is 4.93. The Morgan fingerprint density at radius 3 is 3.06 bits per heavy atom. The summed E-state index contributed by atoms with van der Waals surface area (Å²) in [7, 11) is 0. The molecular weight excluding hydrogens is 226 g/mol. The maximum atomic E-state index is 12.1. The van der Waals surface area contributed by atoms with Gasteiger partial charge in [-0.15, -0.1) is 0 Å². The lowest BCUT2D eigenvalue weighted by molar-refractivity contribution is -0.125. The second kappa shape index (κ2) is 5.89. The van der Waals surface area contributed by atoms with Crippen molar-refractivity contribution in [3.63, 3.8) is 0 Å². The second-order valence-corrected chi connectivity index (χ2v) is 4.93. The largest absolute Gasteiger partial charge is 0.493 e. The van der Waals surface area contributed by atoms with Crippen molar-refractivity contribution in [1.29, 1.82) is 0 Å². The van der Waals surface area contributed by atoms with Gasteiger partial charge in [0.1, 0.15) is 5.75 Å². The van der Waals surface area contributed by atoms with Crippen LogP contribution in [0.4, 0.5) is 0 Å². The SMILES string of the molecule is CCC[C@H](C)C(=O)N[C@@H]1CCOc2ccccc21. The Bertz CT molecular complexity index is 417. The lowest BCUT2D eigenvalue weighted by atomic mass is 9.98. The molecule has 18 heavy (non-hydrogen) atoms. The van der Waals surface area contributed by atoms with Gasteiger partial charge in [-0.3, -0.25) is 4.79 Å². The number of para-hydroxylation sites is 1. The van der Waals surface area contributed by atoms with Gasteiger partial charge in [0.2, 0.25) is 5.91 Å². The molecule has 1 N–H and O–H groups in total. The fraction of sp³-hybridized carbons (Fsp3) is 0.533. The lowest BCUT2D eigenvalue weighted by Crippen LogP contribution is -2.35. The maximum absolute atomic E-state index is 12.1. The van der Waals surface area contributed by atoms with E-state index in [1.54, 1.807) is 0 Å². The number of hydrogen-bond donors (Lipinski definition) is 1. The number of amides is 1. The minimum absolute atomic E-state index is 0.0880. The van der Waals surface area contributed by atoms with Crippen molar-refractivity contribution in [3.05, 3.63) is 29.8 Å². The Hall–Kier alpha value is -1.51. The number of carbonyl (C=O) groups excluding carboxylic acids is 1. The first-order valence-electron chi connectivity index (χ1n) is 6.74. The number of carbonyl (C=O) groups is 1. The van der Waals surface area contributed by atoms with Crippen LogP contribution in [0, 0.1) is 5.92 Å². The van der Waals surface area contributed by atoms with Gasteiger partial charge in [-0.2, -0.15) is 0 Å². The van der Waals surface area contributed by atoms with Crippen molar-refractivity contribution in [2.45, 2.75) is 39.2 Å². The quantitative estimate of drug-likeness (QED) is 0.888. The molecular formula is C15H21NO2. The molecule has 3 heteroatoms. The summed E-state index contributed by atoms with van der Waals surface area (Å²) in [5.74, 6) is 1.14. The summed E-state index contributed by atoms with van der Waals surface area (Å²) in [6, 6.07) is 8.04. The van der Waals surface area contributed by atoms with Gasteiger partial charge >= 0.3 is 0 Å². The Kier molecular flexibility index (Phi) is 4.24. The molecule has 0 aromatic heterocycles. The van der Waals surface area contributed by atoms with Crippen LogP contribution in [-0.2, 0) is 4.79 Å². The first-order chi connectivity index (χ1) is 8.72. The van der Waals surface area contributed by atoms with E-state index >= 15 is 0 Å². The zero-order chi connectivity index (χ0) is 13.0. The van der Waals surface area contributed by atoms with E-state index in [1.165, 1.54) is 0 Å². The van der Waals surface area contributed by atoms with Crippen LogP contribution in [0.2, 0.25) is 0 Å². The highest BCUT2D eigenvalue weighted by molar-refractivity contribution is 5.78. The van der Waals surface area contributed by atoms with Crippen molar-refractivity contribution in [1.82, 2.24) is 5.32 Å². The van der Waals surface area contributed by atoms with Gasteiger partial charge in [-0.1, -0.05) is 38.5 Å². The van der Waals surface area contributed by atoms with Crippen molar-refractivity contribution >= 4 is 5.91 Å². The average Bonchev–Trinajstić information content (AvgIpc) is 2.39. The number of ether oxygens (including phenoxy) is 1. The van der Waals surface area contributed by atoms with Gasteiger partial charge in [-0.05, 0) is 12.5 Å². The van der Waals surface area contributed by atoms with Crippen molar-refractivity contribution in [2.75, 3.05) is 6.61 Å². The van der Waals surface area contributed by atoms with Gasteiger partial charge in [-0.25, -0.2) is 0 Å². The molecule has 0 spiro atoms. The average molecular weight is 247 g/mol. The first kappa shape index (κ1) is 12.9. The highest BCUT2D eigenvalue weighted by Gasteiger charge is 2.24. The molecule has 0 aliphatic carbocycles. The van der Waals surface area contributed by atoms with Crippen LogP contribution in [0.15, 0.2) is 24.3 Å². The predicted molar refractivity (Wildman–Crippen MR) is 71.5 cm³/mol. The molecule has 2 atom stereocenters. The smallest absolute Gasteiger partial charge is 0.223 e. The Morgan fingerprint density at radius 1 is 1.50 bits per heavy atom. The molecule has 0 saturated heterocycles. The molecule has 1 aliphatic heterocycles. The molecule has 0 unspecified atom stereocenters. The minimum atomic E-state index is 0.0880. The fourth-order valence-corrected chi connectivity index (χ4v) is 2.37. The van der Waals surface area contributed by atoms with Crippen LogP contribution >= 0.6 is 0 Å². The van der Waals surface area contributed by atoms with Crippen LogP contribution in [0.1, 0.15) is 44.7 Å². The Labute approximate surface area is 109 Å². The van der Waals surface area contributed by atoms with Gasteiger partial charge in [0, 0.05) is 17.9 Å². The molecule has 1 heterocycles. The van der Waals surface area contributed by atoms with Gasteiger partial charge < -0.3 is 10.1 Å². The highest BCUT2D eigenvalue weighted by atomic mass is 16.5. The monoisotopic (exact) mass is 247 g/mol. The maximum Gasteiger partial charge on any atom is 0.223 e. The third-order valence-electron chi connectivity index (χ3n) is 3.44. The third-order valence-corrected chi connectivity index (χ3v) is 3.44. The summed E-state index contributed by atoms with van der Waals surface area (Å²) in [6.07, 6.45) is 2.83. The third kappa shape index (κ3) is 2.84. The van der Waals surface area contributed by atoms with Gasteiger partial charge in [0.05, 0.1) is 12.6 Å². The molecule has 0 bridgehead atoms. The molecule has 0 radical (unpaired) electrons. The molecule has 3 nitrogen and oxygen atoms in total. The van der Waals surface area contributed by atoms with E-state index in [0.717, 1.165) is 30.6 Å². The first-order valence-corrected chi connectivity index (χ1v) is 6.74. The molecule has 98 valence electrons. The van der Waals surface area contributed by atoms with Crippen molar-refractivity contribution in [2.24, 2.45) is 5.92 Å². The van der Waals surface area contributed by atoms with E-state index in [-0.39, 0.29) is 17.9 Å². The van der Waals surface area contributed by atoms with E-state index < -0.39 is 0 Å². The van der Waals surface area contributed by atoms with Crippen LogP contribution in [0.25, 0.3) is 0 Å². The zero-order valence-electron chi connectivity index (χ0n) is 11.1. The molecule has 1 aromatic carbocycles. The van der Waals surface area contributed by atoms with Crippen LogP contribution in [0.5, 0.6) is 5.75 Å². The van der Waals surface area contributed by atoms with E-state index in [4.69, 9.17) is 4.74 Å². The molecule has 1 aliphatic rings. The van der Waals surface area contributed by atoms with Gasteiger partial charge in [0.25, 0.3) is 0 Å². The standard InChI is InChI=1S/C15H21NO2/c1-3-6-11(2)15(17)16-13-9-10-18-14-8-5-4-7-12(13)14/h4-5,7-8,11,13H,3,6,9-10H2,1-2H3,(H,16,17)/t11-,13+/m0/s1. The number of hydrogen-bond acceptors (Lipinski definition) is 2. The van der Waals surface area contributed by atoms with Crippen LogP contribution in [0.3, 0.4) is 0 Å². The van der Waals surface area contributed by atoms with Crippen molar-refractivity contribution in [3.8, 4) is 5.75 Å². The zero-order valence-corrected chi connectivity index (χ0v) is 11.1. The summed E-state index contributed by atoms with van der Waals surface area (Å²) in [5, 5.41) is 3.14. The molecule has 1 amide bonds. The highest BCUT2D eigenvalue weighted by Crippen LogP contribution is 2.31. The summed E-state index contributed by atoms with van der Waals surface area (Å²) in [5.41, 5.74) is 1.10. The Morgan fingerprint density at radius 2 is 2.28 bits per heavy atom. The van der Waals surface area contributed by atoms with E-state index in [0.29, 0.717) is 6.61 Å². The minimum Gasteiger partial charge on any atom is -0.493 e. The lowest BCUT2D eigenvalue weighted by Gasteiger charge is -2.27. The van der Waals surface area contributed by atoms with Crippen LogP contribution < -0.4 is 10.1 Å². The molecule has 1 aromatic rings. The molecule has 0 saturated carbocycles. The number of nitrogens with one attached hydrogen (secondary N) is 1. The Balaban J connectivity index is 2.05. The summed E-state index contributed by atoms with van der Waals surface area (Å²) < 4.78 is 5.59. The number of rotatable bonds is 4. The topological polar surface area (TPSA) is 38.3 Å². The normalized spacial score (nSPS) is 19.6. The van der Waals surface area contributed by atoms with E-state index in [2.05, 4.69) is 12.2 Å².